The zero-order valence-corrected chi connectivity index (χ0v) is 13.5. The lowest BCUT2D eigenvalue weighted by Gasteiger charge is -2.05. The first-order valence-electron chi connectivity index (χ1n) is 7.39. The standard InChI is InChI=1S/C13H18N2O3.C3H6O2/c1-2-18-12(16)4-3-9-15-13(17)10-5-7-11(14)8-6-10;1-2-5-3-4/h5-8H,2-4,9,14H2,1H3,(H,15,17);3H,2H2,1H3. The number of anilines is 1. The third-order valence-electron chi connectivity index (χ3n) is 2.56. The molecule has 1 aromatic carbocycles. The van der Waals surface area contributed by atoms with Crippen LogP contribution in [0.15, 0.2) is 24.3 Å². The average Bonchev–Trinajstić information content (AvgIpc) is 2.54. The van der Waals surface area contributed by atoms with Gasteiger partial charge in [-0.15, -0.1) is 0 Å². The summed E-state index contributed by atoms with van der Waals surface area (Å²) in [7, 11) is 0. The number of hydrogen-bond donors (Lipinski definition) is 2. The minimum absolute atomic E-state index is 0.168. The topological polar surface area (TPSA) is 108 Å². The summed E-state index contributed by atoms with van der Waals surface area (Å²) in [6.07, 6.45) is 0.884. The van der Waals surface area contributed by atoms with E-state index in [0.717, 1.165) is 0 Å². The third-order valence-corrected chi connectivity index (χ3v) is 2.56. The van der Waals surface area contributed by atoms with Gasteiger partial charge in [0.05, 0.1) is 13.2 Å². The van der Waals surface area contributed by atoms with Gasteiger partial charge in [-0.05, 0) is 44.5 Å². The maximum Gasteiger partial charge on any atom is 0.305 e. The van der Waals surface area contributed by atoms with Crippen LogP contribution < -0.4 is 11.1 Å². The second-order valence-corrected chi connectivity index (χ2v) is 4.34. The quantitative estimate of drug-likeness (QED) is 0.325. The summed E-state index contributed by atoms with van der Waals surface area (Å²) in [6.45, 7) is 5.26. The van der Waals surface area contributed by atoms with Gasteiger partial charge in [0.1, 0.15) is 0 Å². The van der Waals surface area contributed by atoms with Gasteiger partial charge in [0.2, 0.25) is 0 Å². The first-order chi connectivity index (χ1) is 11.0. The van der Waals surface area contributed by atoms with Crippen molar-refractivity contribution < 1.29 is 23.9 Å². The lowest BCUT2D eigenvalue weighted by molar-refractivity contribution is -0.143. The number of hydrogen-bond acceptors (Lipinski definition) is 6. The van der Waals surface area contributed by atoms with Gasteiger partial charge in [0, 0.05) is 24.2 Å². The van der Waals surface area contributed by atoms with Gasteiger partial charge >= 0.3 is 5.97 Å². The Labute approximate surface area is 136 Å². The van der Waals surface area contributed by atoms with E-state index in [-0.39, 0.29) is 11.9 Å². The zero-order valence-electron chi connectivity index (χ0n) is 13.5. The molecule has 1 aromatic rings. The fourth-order valence-corrected chi connectivity index (χ4v) is 1.47. The van der Waals surface area contributed by atoms with Crippen LogP contribution in [0.5, 0.6) is 0 Å². The highest BCUT2D eigenvalue weighted by molar-refractivity contribution is 5.94. The van der Waals surface area contributed by atoms with E-state index in [9.17, 15) is 14.4 Å². The summed E-state index contributed by atoms with van der Waals surface area (Å²) in [6, 6.07) is 6.67. The molecular weight excluding hydrogens is 300 g/mol. The van der Waals surface area contributed by atoms with Crippen molar-refractivity contribution in [2.75, 3.05) is 25.5 Å². The first-order valence-corrected chi connectivity index (χ1v) is 7.39. The van der Waals surface area contributed by atoms with Gasteiger partial charge in [-0.25, -0.2) is 0 Å². The summed E-state index contributed by atoms with van der Waals surface area (Å²) >= 11 is 0. The van der Waals surface area contributed by atoms with Crippen LogP contribution >= 0.6 is 0 Å². The molecule has 0 spiro atoms. The normalized spacial score (nSPS) is 9.13. The van der Waals surface area contributed by atoms with Gasteiger partial charge in [0.25, 0.3) is 12.4 Å². The van der Waals surface area contributed by atoms with E-state index in [1.54, 1.807) is 38.1 Å². The highest BCUT2D eigenvalue weighted by Gasteiger charge is 2.05. The van der Waals surface area contributed by atoms with Crippen molar-refractivity contribution in [2.24, 2.45) is 0 Å². The molecule has 23 heavy (non-hydrogen) atoms. The Morgan fingerprint density at radius 3 is 2.30 bits per heavy atom. The number of nitrogens with two attached hydrogens (primary N) is 1. The molecule has 7 heteroatoms. The molecule has 0 aromatic heterocycles. The number of benzene rings is 1. The fourth-order valence-electron chi connectivity index (χ4n) is 1.47. The predicted molar refractivity (Wildman–Crippen MR) is 86.7 cm³/mol. The molecular formula is C16H24N2O5. The third kappa shape index (κ3) is 10.8. The summed E-state index contributed by atoms with van der Waals surface area (Å²) < 4.78 is 8.93. The van der Waals surface area contributed by atoms with E-state index >= 15 is 0 Å². The van der Waals surface area contributed by atoms with E-state index in [1.165, 1.54) is 0 Å². The lowest BCUT2D eigenvalue weighted by Crippen LogP contribution is -2.25. The highest BCUT2D eigenvalue weighted by atomic mass is 16.5. The molecule has 0 unspecified atom stereocenters. The van der Waals surface area contributed by atoms with Crippen LogP contribution in [0.2, 0.25) is 0 Å². The van der Waals surface area contributed by atoms with Crippen molar-refractivity contribution in [3.63, 3.8) is 0 Å². The minimum atomic E-state index is -0.237. The number of carbonyl (C=O) groups is 3. The van der Waals surface area contributed by atoms with Crippen LogP contribution in [0.4, 0.5) is 5.69 Å². The maximum atomic E-state index is 11.7. The van der Waals surface area contributed by atoms with Crippen LogP contribution in [0.1, 0.15) is 37.0 Å². The van der Waals surface area contributed by atoms with Gasteiger partial charge in [-0.3, -0.25) is 14.4 Å². The monoisotopic (exact) mass is 324 g/mol. The van der Waals surface area contributed by atoms with E-state index in [0.29, 0.717) is 50.3 Å². The Hall–Kier alpha value is -2.57. The number of carbonyl (C=O) groups excluding carboxylic acids is 3. The smallest absolute Gasteiger partial charge is 0.305 e. The Balaban J connectivity index is 0.000000841. The van der Waals surface area contributed by atoms with Crippen molar-refractivity contribution in [1.82, 2.24) is 5.32 Å². The van der Waals surface area contributed by atoms with Gasteiger partial charge in [-0.1, -0.05) is 0 Å². The fraction of sp³-hybridized carbons (Fsp3) is 0.438. The summed E-state index contributed by atoms with van der Waals surface area (Å²) in [5, 5.41) is 2.73. The predicted octanol–water partition coefficient (Wildman–Crippen LogP) is 1.52. The average molecular weight is 324 g/mol. The molecule has 0 fully saturated rings. The van der Waals surface area contributed by atoms with Crippen LogP contribution in [-0.2, 0) is 19.1 Å². The van der Waals surface area contributed by atoms with Crippen LogP contribution in [-0.4, -0.2) is 38.1 Å². The molecule has 0 atom stereocenters. The Morgan fingerprint density at radius 1 is 1.17 bits per heavy atom. The Bertz CT molecular complexity index is 474. The van der Waals surface area contributed by atoms with E-state index in [2.05, 4.69) is 10.1 Å². The SMILES string of the molecule is CCOC(=O)CCCNC(=O)c1ccc(N)cc1.CCOC=O. The van der Waals surface area contributed by atoms with Gasteiger partial charge in [0.15, 0.2) is 0 Å². The second-order valence-electron chi connectivity index (χ2n) is 4.34. The van der Waals surface area contributed by atoms with E-state index < -0.39 is 0 Å². The van der Waals surface area contributed by atoms with E-state index in [1.807, 2.05) is 0 Å². The maximum absolute atomic E-state index is 11.7. The van der Waals surface area contributed by atoms with Crippen LogP contribution in [0, 0.1) is 0 Å². The lowest BCUT2D eigenvalue weighted by atomic mass is 10.2. The van der Waals surface area contributed by atoms with Crippen LogP contribution in [0.3, 0.4) is 0 Å². The summed E-state index contributed by atoms with van der Waals surface area (Å²) in [5.74, 6) is -0.405. The minimum Gasteiger partial charge on any atom is -0.468 e. The van der Waals surface area contributed by atoms with Crippen molar-refractivity contribution in [1.29, 1.82) is 0 Å². The second kappa shape index (κ2) is 13.1. The largest absolute Gasteiger partial charge is 0.468 e. The molecule has 0 bridgehead atoms. The number of rotatable bonds is 8. The number of amides is 1. The molecule has 1 rings (SSSR count). The Morgan fingerprint density at radius 2 is 1.83 bits per heavy atom. The molecule has 0 aliphatic carbocycles. The Kier molecular flexibility index (Phi) is 11.7. The molecule has 0 radical (unpaired) electrons. The molecule has 128 valence electrons. The molecule has 0 aliphatic rings. The number of nitrogens with one attached hydrogen (secondary N) is 1. The van der Waals surface area contributed by atoms with Crippen molar-refractivity contribution in [3.8, 4) is 0 Å². The summed E-state index contributed by atoms with van der Waals surface area (Å²) in [5.41, 5.74) is 6.70. The first kappa shape index (κ1) is 20.4. The molecule has 0 heterocycles. The highest BCUT2D eigenvalue weighted by Crippen LogP contribution is 2.05. The van der Waals surface area contributed by atoms with Gasteiger partial charge in [-0.2, -0.15) is 0 Å². The van der Waals surface area contributed by atoms with Crippen molar-refractivity contribution in [2.45, 2.75) is 26.7 Å². The van der Waals surface area contributed by atoms with Crippen LogP contribution in [0.25, 0.3) is 0 Å². The molecule has 0 saturated heterocycles. The van der Waals surface area contributed by atoms with Crippen molar-refractivity contribution in [3.05, 3.63) is 29.8 Å². The molecule has 3 N–H and O–H groups in total. The number of nitrogen functional groups attached to an aromatic ring is 1. The molecule has 0 aliphatic heterocycles. The van der Waals surface area contributed by atoms with Gasteiger partial charge < -0.3 is 20.5 Å². The van der Waals surface area contributed by atoms with E-state index in [4.69, 9.17) is 10.5 Å². The molecule has 0 saturated carbocycles. The number of ether oxygens (including phenoxy) is 2. The van der Waals surface area contributed by atoms with Crippen molar-refractivity contribution >= 4 is 24.0 Å². The molecule has 7 nitrogen and oxygen atoms in total. The summed E-state index contributed by atoms with van der Waals surface area (Å²) in [4.78, 5) is 31.9. The zero-order chi connectivity index (χ0) is 17.5. The number of esters is 1. The molecule has 1 amide bonds.